The first-order chi connectivity index (χ1) is 6.38. The molecular weight excluding hydrogens is 168 g/mol. The van der Waals surface area contributed by atoms with Crippen LogP contribution in [0.2, 0.25) is 0 Å². The van der Waals surface area contributed by atoms with Crippen LogP contribution in [0.15, 0.2) is 18.3 Å². The highest BCUT2D eigenvalue weighted by Gasteiger charge is 2.00. The summed E-state index contributed by atoms with van der Waals surface area (Å²) in [4.78, 5) is 4.09. The van der Waals surface area contributed by atoms with Crippen LogP contribution in [0.5, 0.6) is 5.75 Å². The molecule has 0 unspecified atom stereocenters. The lowest BCUT2D eigenvalue weighted by Crippen LogP contribution is -2.08. The third-order valence-corrected chi connectivity index (χ3v) is 1.59. The lowest BCUT2D eigenvalue weighted by molar-refractivity contribution is 0.145. The van der Waals surface area contributed by atoms with E-state index in [2.05, 4.69) is 4.98 Å². The number of aromatic nitrogens is 1. The number of pyridine rings is 1. The van der Waals surface area contributed by atoms with Gasteiger partial charge in [0.25, 0.3) is 0 Å². The molecule has 1 heterocycles. The van der Waals surface area contributed by atoms with Crippen molar-refractivity contribution in [2.24, 2.45) is 5.73 Å². The minimum absolute atomic E-state index is 0.392. The number of nitrogens with two attached hydrogens (primary N) is 1. The zero-order chi connectivity index (χ0) is 9.52. The number of ether oxygens (including phenoxy) is 2. The second kappa shape index (κ2) is 5.50. The molecule has 1 aromatic rings. The fourth-order valence-corrected chi connectivity index (χ4v) is 0.943. The predicted molar refractivity (Wildman–Crippen MR) is 49.5 cm³/mol. The summed E-state index contributed by atoms with van der Waals surface area (Å²) >= 11 is 0. The summed E-state index contributed by atoms with van der Waals surface area (Å²) in [7, 11) is 1.64. The fourth-order valence-electron chi connectivity index (χ4n) is 0.943. The summed E-state index contributed by atoms with van der Waals surface area (Å²) in [5.41, 5.74) is 6.26. The average Bonchev–Trinajstić information content (AvgIpc) is 2.19. The molecule has 0 atom stereocenters. The largest absolute Gasteiger partial charge is 0.489 e. The van der Waals surface area contributed by atoms with Gasteiger partial charge in [-0.3, -0.25) is 4.98 Å². The van der Waals surface area contributed by atoms with Crippen LogP contribution in [0.25, 0.3) is 0 Å². The molecule has 72 valence electrons. The smallest absolute Gasteiger partial charge is 0.142 e. The first-order valence-electron chi connectivity index (χ1n) is 4.14. The van der Waals surface area contributed by atoms with Gasteiger partial charge in [0.15, 0.2) is 0 Å². The van der Waals surface area contributed by atoms with Crippen LogP contribution in [-0.2, 0) is 11.3 Å². The van der Waals surface area contributed by atoms with Crippen LogP contribution in [0.4, 0.5) is 0 Å². The Hall–Kier alpha value is -1.13. The topological polar surface area (TPSA) is 57.4 Å². The average molecular weight is 182 g/mol. The molecule has 1 aromatic heterocycles. The zero-order valence-corrected chi connectivity index (χ0v) is 7.69. The lowest BCUT2D eigenvalue weighted by Gasteiger charge is -2.08. The van der Waals surface area contributed by atoms with Crippen molar-refractivity contribution >= 4 is 0 Å². The molecule has 0 saturated heterocycles. The van der Waals surface area contributed by atoms with Crippen molar-refractivity contribution in [3.05, 3.63) is 24.0 Å². The van der Waals surface area contributed by atoms with E-state index in [-0.39, 0.29) is 0 Å². The van der Waals surface area contributed by atoms with E-state index in [1.807, 2.05) is 12.1 Å². The van der Waals surface area contributed by atoms with E-state index in [0.29, 0.717) is 19.8 Å². The molecule has 0 aliphatic heterocycles. The van der Waals surface area contributed by atoms with Crippen molar-refractivity contribution in [2.75, 3.05) is 20.3 Å². The van der Waals surface area contributed by atoms with Crippen molar-refractivity contribution in [1.82, 2.24) is 4.98 Å². The van der Waals surface area contributed by atoms with Gasteiger partial charge >= 0.3 is 0 Å². The summed E-state index contributed by atoms with van der Waals surface area (Å²) < 4.78 is 10.3. The Labute approximate surface area is 77.7 Å². The zero-order valence-electron chi connectivity index (χ0n) is 7.69. The molecule has 0 radical (unpaired) electrons. The molecule has 1 rings (SSSR count). The Balaban J connectivity index is 2.54. The van der Waals surface area contributed by atoms with Gasteiger partial charge in [0, 0.05) is 19.9 Å². The maximum atomic E-state index is 5.48. The Morgan fingerprint density at radius 1 is 1.46 bits per heavy atom. The SMILES string of the molecule is COCCOc1cccnc1CN. The van der Waals surface area contributed by atoms with Gasteiger partial charge < -0.3 is 15.2 Å². The van der Waals surface area contributed by atoms with Gasteiger partial charge in [-0.1, -0.05) is 0 Å². The Kier molecular flexibility index (Phi) is 4.21. The minimum Gasteiger partial charge on any atom is -0.489 e. The van der Waals surface area contributed by atoms with Gasteiger partial charge in [0.2, 0.25) is 0 Å². The molecule has 0 saturated carbocycles. The molecule has 0 aliphatic carbocycles. The van der Waals surface area contributed by atoms with Crippen LogP contribution in [0.3, 0.4) is 0 Å². The first kappa shape index (κ1) is 9.95. The highest BCUT2D eigenvalue weighted by atomic mass is 16.5. The second-order valence-electron chi connectivity index (χ2n) is 2.49. The Bertz CT molecular complexity index is 253. The molecule has 0 aromatic carbocycles. The maximum absolute atomic E-state index is 5.48. The van der Waals surface area contributed by atoms with Crippen molar-refractivity contribution in [1.29, 1.82) is 0 Å². The summed E-state index contributed by atoms with van der Waals surface area (Å²) in [6, 6.07) is 3.67. The van der Waals surface area contributed by atoms with E-state index in [1.54, 1.807) is 13.3 Å². The summed E-state index contributed by atoms with van der Waals surface area (Å²) in [6.07, 6.45) is 1.70. The van der Waals surface area contributed by atoms with Gasteiger partial charge in [-0.2, -0.15) is 0 Å². The second-order valence-corrected chi connectivity index (χ2v) is 2.49. The van der Waals surface area contributed by atoms with Crippen molar-refractivity contribution < 1.29 is 9.47 Å². The van der Waals surface area contributed by atoms with Gasteiger partial charge in [-0.15, -0.1) is 0 Å². The van der Waals surface area contributed by atoms with Crippen molar-refractivity contribution in [2.45, 2.75) is 6.54 Å². The van der Waals surface area contributed by atoms with Gasteiger partial charge in [-0.25, -0.2) is 0 Å². The van der Waals surface area contributed by atoms with E-state index in [1.165, 1.54) is 0 Å². The molecular formula is C9H14N2O2. The van der Waals surface area contributed by atoms with Crippen LogP contribution in [0.1, 0.15) is 5.69 Å². The summed E-state index contributed by atoms with van der Waals surface area (Å²) in [5, 5.41) is 0. The molecule has 4 heteroatoms. The quantitative estimate of drug-likeness (QED) is 0.676. The fraction of sp³-hybridized carbons (Fsp3) is 0.444. The summed E-state index contributed by atoms with van der Waals surface area (Å²) in [6.45, 7) is 1.48. The molecule has 4 nitrogen and oxygen atoms in total. The molecule has 0 bridgehead atoms. The highest BCUT2D eigenvalue weighted by Crippen LogP contribution is 2.13. The predicted octanol–water partition coefficient (Wildman–Crippen LogP) is 0.566. The standard InChI is InChI=1S/C9H14N2O2/c1-12-5-6-13-9-3-2-4-11-8(9)7-10/h2-4H,5-7,10H2,1H3. The molecule has 13 heavy (non-hydrogen) atoms. The molecule has 2 N–H and O–H groups in total. The number of hydrogen-bond donors (Lipinski definition) is 1. The molecule has 0 aliphatic rings. The third-order valence-electron chi connectivity index (χ3n) is 1.59. The van der Waals surface area contributed by atoms with Gasteiger partial charge in [0.05, 0.1) is 12.3 Å². The molecule has 0 amide bonds. The van der Waals surface area contributed by atoms with Crippen molar-refractivity contribution in [3.8, 4) is 5.75 Å². The van der Waals surface area contributed by atoms with E-state index < -0.39 is 0 Å². The number of methoxy groups -OCH3 is 1. The number of nitrogens with zero attached hydrogens (tertiary/aromatic N) is 1. The summed E-state index contributed by atoms with van der Waals surface area (Å²) in [5.74, 6) is 0.738. The van der Waals surface area contributed by atoms with E-state index in [9.17, 15) is 0 Å². The third kappa shape index (κ3) is 3.01. The number of rotatable bonds is 5. The molecule has 0 spiro atoms. The van der Waals surface area contributed by atoms with E-state index >= 15 is 0 Å². The lowest BCUT2D eigenvalue weighted by atomic mass is 10.3. The monoisotopic (exact) mass is 182 g/mol. The Morgan fingerprint density at radius 3 is 3.00 bits per heavy atom. The van der Waals surface area contributed by atoms with Gasteiger partial charge in [0.1, 0.15) is 12.4 Å². The van der Waals surface area contributed by atoms with Crippen molar-refractivity contribution in [3.63, 3.8) is 0 Å². The van der Waals surface area contributed by atoms with E-state index in [4.69, 9.17) is 15.2 Å². The van der Waals surface area contributed by atoms with Gasteiger partial charge in [-0.05, 0) is 12.1 Å². The minimum atomic E-state index is 0.392. The van der Waals surface area contributed by atoms with Crippen LogP contribution >= 0.6 is 0 Å². The first-order valence-corrected chi connectivity index (χ1v) is 4.14. The van der Waals surface area contributed by atoms with Crippen LogP contribution in [0, 0.1) is 0 Å². The maximum Gasteiger partial charge on any atom is 0.142 e. The van der Waals surface area contributed by atoms with Crippen LogP contribution in [-0.4, -0.2) is 25.3 Å². The highest BCUT2D eigenvalue weighted by molar-refractivity contribution is 5.26. The van der Waals surface area contributed by atoms with Crippen LogP contribution < -0.4 is 10.5 Å². The normalized spacial score (nSPS) is 10.0. The number of hydrogen-bond acceptors (Lipinski definition) is 4. The molecule has 0 fully saturated rings. The van der Waals surface area contributed by atoms with E-state index in [0.717, 1.165) is 11.4 Å². The Morgan fingerprint density at radius 2 is 2.31 bits per heavy atom.